The van der Waals surface area contributed by atoms with E-state index in [2.05, 4.69) is 49.9 Å². The summed E-state index contributed by atoms with van der Waals surface area (Å²) in [5.41, 5.74) is 10.5. The van der Waals surface area contributed by atoms with Crippen LogP contribution >= 0.6 is 24.0 Å². The Bertz CT molecular complexity index is 1740. The number of hydrogen-bond donors (Lipinski definition) is 5. The molecule has 1 aliphatic carbocycles. The fourth-order valence-corrected chi connectivity index (χ4v) is 6.52. The Hall–Kier alpha value is -4.29. The highest BCUT2D eigenvalue weighted by Gasteiger charge is 2.29. The van der Waals surface area contributed by atoms with Crippen molar-refractivity contribution in [2.75, 3.05) is 38.0 Å². The van der Waals surface area contributed by atoms with E-state index in [1.165, 1.54) is 0 Å². The lowest BCUT2D eigenvalue weighted by atomic mass is 9.81. The van der Waals surface area contributed by atoms with E-state index >= 15 is 0 Å². The second-order valence-corrected chi connectivity index (χ2v) is 13.2. The molecule has 3 amide bonds. The van der Waals surface area contributed by atoms with E-state index in [4.69, 9.17) is 17.3 Å². The number of nitrogens with one attached hydrogen (secondary N) is 4. The number of nitrogens with two attached hydrogens (primary N) is 1. The molecule has 1 aliphatic rings. The van der Waals surface area contributed by atoms with Crippen molar-refractivity contribution < 1.29 is 14.4 Å². The highest BCUT2D eigenvalue weighted by molar-refractivity contribution is 6.28. The van der Waals surface area contributed by atoms with Crippen LogP contribution in [0.25, 0.3) is 22.5 Å². The van der Waals surface area contributed by atoms with Crippen LogP contribution in [0.5, 0.6) is 0 Å². The number of rotatable bonds is 15. The fourth-order valence-electron chi connectivity index (χ4n) is 6.39. The Morgan fingerprint density at radius 2 is 1.61 bits per heavy atom. The first kappa shape index (κ1) is 39.5. The summed E-state index contributed by atoms with van der Waals surface area (Å²) in [5, 5.41) is 17.1. The van der Waals surface area contributed by atoms with Crippen molar-refractivity contribution in [1.29, 1.82) is 0 Å². The predicted molar refractivity (Wildman–Crippen MR) is 205 cm³/mol. The van der Waals surface area contributed by atoms with Gasteiger partial charge in [-0.25, -0.2) is 0 Å². The summed E-state index contributed by atoms with van der Waals surface area (Å²) in [6.07, 6.45) is 3.60. The lowest BCUT2D eigenvalue weighted by Crippen LogP contribution is -2.48. The SMILES string of the molecule is CCN(CC)CCNC(=O)c1cccc(-c2cccc(C[C@H](NC(=O)C3CCC(CN)CC3)C(=O)Nc3ccc(-c4nnc(Cl)[nH]4)cc3)c2)c1.Cl. The minimum atomic E-state index is -0.819. The molecule has 1 aromatic heterocycles. The molecule has 3 aromatic carbocycles. The van der Waals surface area contributed by atoms with E-state index in [-0.39, 0.29) is 47.8 Å². The molecule has 0 radical (unpaired) electrons. The second-order valence-electron chi connectivity index (χ2n) is 12.8. The van der Waals surface area contributed by atoms with Crippen LogP contribution in [0.1, 0.15) is 55.5 Å². The number of anilines is 1. The maximum atomic E-state index is 13.8. The molecule has 6 N–H and O–H groups in total. The molecular formula is C38H48Cl2N8O3. The number of aromatic amines is 1. The van der Waals surface area contributed by atoms with Gasteiger partial charge in [-0.05, 0) is 116 Å². The predicted octanol–water partition coefficient (Wildman–Crippen LogP) is 5.72. The van der Waals surface area contributed by atoms with Crippen LogP contribution in [0.3, 0.4) is 0 Å². The maximum absolute atomic E-state index is 13.8. The van der Waals surface area contributed by atoms with Crippen molar-refractivity contribution in [2.45, 2.75) is 52.0 Å². The van der Waals surface area contributed by atoms with Crippen molar-refractivity contribution in [1.82, 2.24) is 30.7 Å². The van der Waals surface area contributed by atoms with Crippen LogP contribution in [-0.4, -0.2) is 76.6 Å². The zero-order valence-corrected chi connectivity index (χ0v) is 30.7. The lowest BCUT2D eigenvalue weighted by Gasteiger charge is -2.28. The molecule has 4 aromatic rings. The molecule has 5 rings (SSSR count). The number of likely N-dealkylation sites (N-methyl/N-ethyl adjacent to an activating group) is 1. The summed E-state index contributed by atoms with van der Waals surface area (Å²) in [5.74, 6) is 0.242. The normalized spacial score (nSPS) is 16.2. The van der Waals surface area contributed by atoms with Gasteiger partial charge in [0.25, 0.3) is 5.91 Å². The van der Waals surface area contributed by atoms with Crippen molar-refractivity contribution in [3.05, 3.63) is 89.2 Å². The monoisotopic (exact) mass is 734 g/mol. The number of benzene rings is 3. The van der Waals surface area contributed by atoms with Gasteiger partial charge in [0.2, 0.25) is 17.1 Å². The Morgan fingerprint density at radius 1 is 0.922 bits per heavy atom. The van der Waals surface area contributed by atoms with Gasteiger partial charge in [0, 0.05) is 42.2 Å². The number of halogens is 2. The molecule has 0 spiro atoms. The van der Waals surface area contributed by atoms with Crippen LogP contribution in [-0.2, 0) is 16.0 Å². The van der Waals surface area contributed by atoms with Gasteiger partial charge in [-0.15, -0.1) is 22.6 Å². The molecule has 1 heterocycles. The quantitative estimate of drug-likeness (QED) is 0.105. The highest BCUT2D eigenvalue weighted by atomic mass is 35.5. The van der Waals surface area contributed by atoms with Crippen molar-refractivity contribution in [2.24, 2.45) is 17.6 Å². The third-order valence-corrected chi connectivity index (χ3v) is 9.67. The van der Waals surface area contributed by atoms with E-state index in [0.717, 1.165) is 67.6 Å². The van der Waals surface area contributed by atoms with E-state index < -0.39 is 6.04 Å². The molecule has 1 saturated carbocycles. The summed E-state index contributed by atoms with van der Waals surface area (Å²) in [4.78, 5) is 45.4. The average Bonchev–Trinajstić information content (AvgIpc) is 3.59. The van der Waals surface area contributed by atoms with Gasteiger partial charge >= 0.3 is 0 Å². The van der Waals surface area contributed by atoms with E-state index in [0.29, 0.717) is 36.1 Å². The molecule has 272 valence electrons. The van der Waals surface area contributed by atoms with Gasteiger partial charge in [-0.1, -0.05) is 50.2 Å². The zero-order chi connectivity index (χ0) is 35.5. The third-order valence-electron chi connectivity index (χ3n) is 9.50. The largest absolute Gasteiger partial charge is 0.351 e. The molecule has 0 bridgehead atoms. The first-order chi connectivity index (χ1) is 24.3. The average molecular weight is 736 g/mol. The van der Waals surface area contributed by atoms with E-state index in [1.54, 1.807) is 24.3 Å². The molecule has 0 saturated heterocycles. The third kappa shape index (κ3) is 11.1. The zero-order valence-electron chi connectivity index (χ0n) is 29.2. The first-order valence-electron chi connectivity index (χ1n) is 17.5. The smallest absolute Gasteiger partial charge is 0.251 e. The minimum Gasteiger partial charge on any atom is -0.351 e. The number of carbonyl (C=O) groups excluding carboxylic acids is 3. The molecule has 0 aliphatic heterocycles. The van der Waals surface area contributed by atoms with Gasteiger partial charge < -0.3 is 31.6 Å². The topological polar surface area (TPSA) is 158 Å². The highest BCUT2D eigenvalue weighted by Crippen LogP contribution is 2.29. The Balaban J connectivity index is 0.00000583. The van der Waals surface area contributed by atoms with Gasteiger partial charge in [0.1, 0.15) is 6.04 Å². The maximum Gasteiger partial charge on any atom is 0.251 e. The summed E-state index contributed by atoms with van der Waals surface area (Å²) in [6, 6.07) is 21.7. The summed E-state index contributed by atoms with van der Waals surface area (Å²) in [7, 11) is 0. The van der Waals surface area contributed by atoms with Crippen LogP contribution in [0.4, 0.5) is 5.69 Å². The molecule has 0 unspecified atom stereocenters. The Labute approximate surface area is 310 Å². The van der Waals surface area contributed by atoms with Gasteiger partial charge in [0.15, 0.2) is 5.82 Å². The standard InChI is InChI=1S/C38H47ClN8O3.ClH/c1-3-47(4-2)20-19-41-35(48)31-10-6-9-30(23-31)29-8-5-7-26(21-29)22-33(43-36(49)28-13-11-25(24-40)12-14-28)37(50)42-32-17-15-27(16-18-32)34-44-38(39)46-45-34;/h5-10,15-18,21,23,25,28,33H,3-4,11-14,19-20,22,24,40H2,1-2H3,(H,41,48)(H,42,50)(H,43,49)(H,44,45,46);1H/t25?,28?,33-;/m0./s1. The second kappa shape index (κ2) is 19.4. The number of nitrogens with zero attached hydrogens (tertiary/aromatic N) is 3. The number of aromatic nitrogens is 3. The number of H-pyrrole nitrogens is 1. The Morgan fingerprint density at radius 3 is 2.25 bits per heavy atom. The van der Waals surface area contributed by atoms with Crippen LogP contribution in [0, 0.1) is 11.8 Å². The number of carbonyl (C=O) groups is 3. The first-order valence-corrected chi connectivity index (χ1v) is 17.8. The molecule has 1 fully saturated rings. The van der Waals surface area contributed by atoms with E-state index in [1.807, 2.05) is 48.5 Å². The minimum absolute atomic E-state index is 0. The van der Waals surface area contributed by atoms with E-state index in [9.17, 15) is 14.4 Å². The van der Waals surface area contributed by atoms with Gasteiger partial charge in [0.05, 0.1) is 0 Å². The summed E-state index contributed by atoms with van der Waals surface area (Å²) < 4.78 is 0. The summed E-state index contributed by atoms with van der Waals surface area (Å²) in [6.45, 7) is 8.09. The molecule has 51 heavy (non-hydrogen) atoms. The lowest BCUT2D eigenvalue weighted by molar-refractivity contribution is -0.130. The number of hydrogen-bond acceptors (Lipinski definition) is 7. The molecule has 11 nitrogen and oxygen atoms in total. The van der Waals surface area contributed by atoms with Crippen LogP contribution < -0.4 is 21.7 Å². The molecular weight excluding hydrogens is 687 g/mol. The van der Waals surface area contributed by atoms with Gasteiger partial charge in [-0.2, -0.15) is 0 Å². The fraction of sp³-hybridized carbons (Fsp3) is 0.395. The van der Waals surface area contributed by atoms with Crippen molar-refractivity contribution >= 4 is 47.4 Å². The van der Waals surface area contributed by atoms with Crippen LogP contribution in [0.2, 0.25) is 5.28 Å². The summed E-state index contributed by atoms with van der Waals surface area (Å²) >= 11 is 5.88. The molecule has 13 heteroatoms. The Kier molecular flexibility index (Phi) is 15.0. The van der Waals surface area contributed by atoms with Crippen molar-refractivity contribution in [3.63, 3.8) is 0 Å². The number of amides is 3. The van der Waals surface area contributed by atoms with Crippen LogP contribution in [0.15, 0.2) is 72.8 Å². The molecule has 1 atom stereocenters. The van der Waals surface area contributed by atoms with Crippen molar-refractivity contribution in [3.8, 4) is 22.5 Å². The van der Waals surface area contributed by atoms with Gasteiger partial charge in [-0.3, -0.25) is 14.4 Å².